The smallest absolute Gasteiger partial charge is 0.345 e. The van der Waals surface area contributed by atoms with Crippen LogP contribution in [0.4, 0.5) is 23.2 Å². The Bertz CT molecular complexity index is 1130. The van der Waals surface area contributed by atoms with E-state index in [-0.39, 0.29) is 5.56 Å². The van der Waals surface area contributed by atoms with Gasteiger partial charge in [-0.25, -0.2) is 22.8 Å². The highest BCUT2D eigenvalue weighted by Gasteiger charge is 2.35. The number of fused-ring (bicyclic) bond motifs is 1. The van der Waals surface area contributed by atoms with Crippen molar-refractivity contribution >= 4 is 32.5 Å². The predicted molar refractivity (Wildman–Crippen MR) is 87.2 cm³/mol. The van der Waals surface area contributed by atoms with E-state index in [9.17, 15) is 30.8 Å². The quantitative estimate of drug-likeness (QED) is 0.504. The number of sulfonamides is 1. The number of hydrogen-bond acceptors (Lipinski definition) is 5. The second-order valence-electron chi connectivity index (χ2n) is 5.46. The number of halogens is 4. The first kappa shape index (κ1) is 18.8. The molecule has 0 amide bonds. The van der Waals surface area contributed by atoms with Gasteiger partial charge in [-0.05, 0) is 12.1 Å². The van der Waals surface area contributed by atoms with Gasteiger partial charge < -0.3 is 4.98 Å². The number of hydrogen-bond donors (Lipinski definition) is 2. The first-order valence-electron chi connectivity index (χ1n) is 7.25. The van der Waals surface area contributed by atoms with Gasteiger partial charge >= 0.3 is 6.18 Å². The van der Waals surface area contributed by atoms with Gasteiger partial charge in [-0.1, -0.05) is 6.07 Å². The zero-order chi connectivity index (χ0) is 19.8. The van der Waals surface area contributed by atoms with E-state index in [1.165, 1.54) is 23.4 Å². The molecule has 0 unspecified atom stereocenters. The Morgan fingerprint density at radius 2 is 1.96 bits per heavy atom. The number of nitrogens with zero attached hydrogens (tertiary/aromatic N) is 2. The number of aromatic nitrogens is 3. The average Bonchev–Trinajstić information content (AvgIpc) is 2.98. The van der Waals surface area contributed by atoms with Crippen molar-refractivity contribution in [2.24, 2.45) is 0 Å². The molecule has 0 saturated heterocycles. The molecule has 7 nitrogen and oxygen atoms in total. The summed E-state index contributed by atoms with van der Waals surface area (Å²) in [4.78, 5) is 23.0. The molecule has 0 aliphatic rings. The van der Waals surface area contributed by atoms with Crippen molar-refractivity contribution in [2.45, 2.75) is 6.18 Å². The lowest BCUT2D eigenvalue weighted by Crippen LogP contribution is -2.28. The van der Waals surface area contributed by atoms with E-state index in [4.69, 9.17) is 0 Å². The number of carbonyl (C=O) groups is 1. The van der Waals surface area contributed by atoms with Crippen LogP contribution in [0.1, 0.15) is 15.9 Å². The molecule has 3 rings (SSSR count). The van der Waals surface area contributed by atoms with Gasteiger partial charge in [-0.15, -0.1) is 0 Å². The lowest BCUT2D eigenvalue weighted by atomic mass is 10.0. The molecular weight excluding hydrogens is 392 g/mol. The molecule has 0 fully saturated rings. The highest BCUT2D eigenvalue weighted by molar-refractivity contribution is 7.92. The molecule has 0 atom stereocenters. The van der Waals surface area contributed by atoms with Gasteiger partial charge in [-0.3, -0.25) is 9.52 Å². The molecule has 1 aromatic carbocycles. The summed E-state index contributed by atoms with van der Waals surface area (Å²) in [6.07, 6.45) is -1.15. The molecule has 12 heteroatoms. The topological polar surface area (TPSA) is 105 Å². The number of H-pyrrole nitrogens is 1. The molecule has 0 saturated carbocycles. The second kappa shape index (κ2) is 6.61. The fourth-order valence-corrected chi connectivity index (χ4v) is 3.39. The molecule has 0 bridgehead atoms. The SMILES string of the molecule is O=C(c1cccc(NS(=O)(=O)CC(F)(F)F)c1F)c1c[nH]c2ncncc12. The van der Waals surface area contributed by atoms with Crippen molar-refractivity contribution in [1.29, 1.82) is 0 Å². The minimum atomic E-state index is -5.00. The van der Waals surface area contributed by atoms with Crippen molar-refractivity contribution in [3.63, 3.8) is 0 Å². The largest absolute Gasteiger partial charge is 0.404 e. The fraction of sp³-hybridized carbons (Fsp3) is 0.133. The van der Waals surface area contributed by atoms with E-state index in [2.05, 4.69) is 15.0 Å². The summed E-state index contributed by atoms with van der Waals surface area (Å²) in [5, 5.41) is 0.310. The highest BCUT2D eigenvalue weighted by Crippen LogP contribution is 2.26. The third-order valence-corrected chi connectivity index (χ3v) is 4.70. The van der Waals surface area contributed by atoms with Gasteiger partial charge in [0.2, 0.25) is 10.0 Å². The average molecular weight is 402 g/mol. The van der Waals surface area contributed by atoms with Crippen LogP contribution in [0, 0.1) is 5.82 Å². The number of anilines is 1. The van der Waals surface area contributed by atoms with E-state index in [1.54, 1.807) is 0 Å². The van der Waals surface area contributed by atoms with Crippen LogP contribution >= 0.6 is 0 Å². The maximum absolute atomic E-state index is 14.6. The molecular formula is C15H10F4N4O3S. The van der Waals surface area contributed by atoms with Crippen LogP contribution in [0.15, 0.2) is 36.9 Å². The minimum Gasteiger partial charge on any atom is -0.345 e. The maximum Gasteiger partial charge on any atom is 0.404 e. The number of rotatable bonds is 5. The summed E-state index contributed by atoms with van der Waals surface area (Å²) in [7, 11) is -4.90. The highest BCUT2D eigenvalue weighted by atomic mass is 32.2. The summed E-state index contributed by atoms with van der Waals surface area (Å²) in [6, 6.07) is 3.15. The number of benzene rings is 1. The van der Waals surface area contributed by atoms with E-state index >= 15 is 0 Å². The number of alkyl halides is 3. The first-order valence-corrected chi connectivity index (χ1v) is 8.90. The summed E-state index contributed by atoms with van der Waals surface area (Å²) in [5.74, 6) is -4.29. The van der Waals surface area contributed by atoms with Crippen molar-refractivity contribution in [2.75, 3.05) is 10.5 Å². The monoisotopic (exact) mass is 402 g/mol. The van der Waals surface area contributed by atoms with Gasteiger partial charge in [0.1, 0.15) is 12.0 Å². The predicted octanol–water partition coefficient (Wildman–Crippen LogP) is 2.63. The standard InChI is InChI=1S/C15H10F4N4O3S/c16-12-8(13(24)9-5-21-14-10(9)4-20-7-22-14)2-1-3-11(12)23-27(25,26)6-15(17,18)19/h1-5,7,23H,6H2,(H,20,21,22). The van der Waals surface area contributed by atoms with Gasteiger partial charge in [0.05, 0.1) is 16.8 Å². The minimum absolute atomic E-state index is 0.0276. The number of nitrogens with one attached hydrogen (secondary N) is 2. The van der Waals surface area contributed by atoms with Crippen LogP contribution < -0.4 is 4.72 Å². The van der Waals surface area contributed by atoms with Gasteiger partial charge in [0.15, 0.2) is 17.4 Å². The van der Waals surface area contributed by atoms with Gasteiger partial charge in [-0.2, -0.15) is 13.2 Å². The third-order valence-electron chi connectivity index (χ3n) is 3.46. The van der Waals surface area contributed by atoms with Gasteiger partial charge in [0, 0.05) is 17.8 Å². The zero-order valence-electron chi connectivity index (χ0n) is 13.2. The number of ketones is 1. The van der Waals surface area contributed by atoms with Gasteiger partial charge in [0.25, 0.3) is 0 Å². The normalized spacial score (nSPS) is 12.3. The Kier molecular flexibility index (Phi) is 4.59. The molecule has 2 aromatic heterocycles. The Labute approximate surface area is 149 Å². The van der Waals surface area contributed by atoms with Crippen molar-refractivity contribution in [1.82, 2.24) is 15.0 Å². The zero-order valence-corrected chi connectivity index (χ0v) is 14.0. The lowest BCUT2D eigenvalue weighted by Gasteiger charge is -2.12. The summed E-state index contributed by atoms with van der Waals surface area (Å²) in [6.45, 7) is 0. The third kappa shape index (κ3) is 4.05. The molecule has 2 heterocycles. The Morgan fingerprint density at radius 3 is 2.67 bits per heavy atom. The summed E-state index contributed by atoms with van der Waals surface area (Å²) < 4.78 is 76.2. The number of carbonyl (C=O) groups excluding carboxylic acids is 1. The van der Waals surface area contributed by atoms with Crippen LogP contribution in [0.2, 0.25) is 0 Å². The van der Waals surface area contributed by atoms with Crippen molar-refractivity contribution in [3.8, 4) is 0 Å². The van der Waals surface area contributed by atoms with Crippen LogP contribution in [0.25, 0.3) is 11.0 Å². The Balaban J connectivity index is 1.97. The maximum atomic E-state index is 14.6. The van der Waals surface area contributed by atoms with Crippen molar-refractivity contribution in [3.05, 3.63) is 53.9 Å². The van der Waals surface area contributed by atoms with Crippen LogP contribution in [0.5, 0.6) is 0 Å². The van der Waals surface area contributed by atoms with Crippen LogP contribution in [-0.4, -0.2) is 41.1 Å². The molecule has 2 N–H and O–H groups in total. The Hall–Kier alpha value is -3.02. The molecule has 0 aliphatic carbocycles. The lowest BCUT2D eigenvalue weighted by molar-refractivity contribution is -0.106. The summed E-state index contributed by atoms with van der Waals surface area (Å²) in [5.41, 5.74) is -0.927. The van der Waals surface area contributed by atoms with E-state index in [0.717, 1.165) is 18.2 Å². The molecule has 0 aliphatic heterocycles. The van der Waals surface area contributed by atoms with Crippen LogP contribution in [-0.2, 0) is 10.0 Å². The molecule has 0 radical (unpaired) electrons. The molecule has 142 valence electrons. The number of aromatic amines is 1. The Morgan fingerprint density at radius 1 is 1.22 bits per heavy atom. The second-order valence-corrected chi connectivity index (χ2v) is 7.18. The fourth-order valence-electron chi connectivity index (χ4n) is 2.40. The van der Waals surface area contributed by atoms with Crippen LogP contribution in [0.3, 0.4) is 0 Å². The van der Waals surface area contributed by atoms with E-state index in [1.807, 2.05) is 0 Å². The first-order chi connectivity index (χ1) is 12.6. The molecule has 27 heavy (non-hydrogen) atoms. The van der Waals surface area contributed by atoms with Crippen molar-refractivity contribution < 1.29 is 30.8 Å². The molecule has 3 aromatic rings. The van der Waals surface area contributed by atoms with E-state index < -0.39 is 44.8 Å². The van der Waals surface area contributed by atoms with E-state index in [0.29, 0.717) is 11.0 Å². The molecule has 0 spiro atoms. The summed E-state index contributed by atoms with van der Waals surface area (Å²) >= 11 is 0.